The zero-order chi connectivity index (χ0) is 19.2. The van der Waals surface area contributed by atoms with Gasteiger partial charge in [0.15, 0.2) is 11.5 Å². The van der Waals surface area contributed by atoms with Crippen LogP contribution in [0.1, 0.15) is 50.8 Å². The van der Waals surface area contributed by atoms with E-state index in [1.54, 1.807) is 7.11 Å². The van der Waals surface area contributed by atoms with Crippen LogP contribution in [0.5, 0.6) is 11.5 Å². The maximum atomic E-state index is 10.8. The molecule has 3 unspecified atom stereocenters. The van der Waals surface area contributed by atoms with E-state index in [9.17, 15) is 5.11 Å². The minimum atomic E-state index is -0.245. The van der Waals surface area contributed by atoms with Gasteiger partial charge in [-0.3, -0.25) is 4.90 Å². The van der Waals surface area contributed by atoms with Gasteiger partial charge in [0.25, 0.3) is 0 Å². The topological polar surface area (TPSA) is 51.2 Å². The summed E-state index contributed by atoms with van der Waals surface area (Å²) in [5, 5.41) is 10.8. The van der Waals surface area contributed by atoms with Crippen molar-refractivity contribution in [2.75, 3.05) is 33.4 Å². The monoisotopic (exact) mass is 375 g/mol. The van der Waals surface area contributed by atoms with Crippen LogP contribution in [0.2, 0.25) is 0 Å². The number of nitrogens with zero attached hydrogens (tertiary/aromatic N) is 1. The lowest BCUT2D eigenvalue weighted by Crippen LogP contribution is -2.48. The molecule has 27 heavy (non-hydrogen) atoms. The lowest BCUT2D eigenvalue weighted by Gasteiger charge is -2.47. The molecule has 1 aromatic carbocycles. The molecule has 4 rings (SSSR count). The first-order chi connectivity index (χ1) is 12.8. The Hall–Kier alpha value is -1.30. The molecule has 0 amide bonds. The van der Waals surface area contributed by atoms with Gasteiger partial charge in [0.1, 0.15) is 6.10 Å². The number of methoxy groups -OCH3 is 1. The number of ether oxygens (including phenoxy) is 3. The largest absolute Gasteiger partial charge is 0.493 e. The van der Waals surface area contributed by atoms with Crippen LogP contribution in [0, 0.1) is 11.3 Å². The summed E-state index contributed by atoms with van der Waals surface area (Å²) in [6.07, 6.45) is 2.76. The van der Waals surface area contributed by atoms with Crippen molar-refractivity contribution in [1.82, 2.24) is 4.90 Å². The predicted molar refractivity (Wildman–Crippen MR) is 104 cm³/mol. The van der Waals surface area contributed by atoms with Gasteiger partial charge in [0.2, 0.25) is 0 Å². The van der Waals surface area contributed by atoms with E-state index in [1.165, 1.54) is 11.1 Å². The second-order valence-electron chi connectivity index (χ2n) is 9.57. The van der Waals surface area contributed by atoms with E-state index in [0.717, 1.165) is 43.9 Å². The fraction of sp³-hybridized carbons (Fsp3) is 0.727. The number of aliphatic hydroxyl groups excluding tert-OH is 1. The van der Waals surface area contributed by atoms with Crippen LogP contribution >= 0.6 is 0 Å². The summed E-state index contributed by atoms with van der Waals surface area (Å²) in [5.41, 5.74) is 2.87. The molecule has 0 aromatic heterocycles. The molecule has 2 fully saturated rings. The van der Waals surface area contributed by atoms with Crippen LogP contribution in [0.15, 0.2) is 12.1 Å². The number of hydrogen-bond acceptors (Lipinski definition) is 5. The van der Waals surface area contributed by atoms with Crippen molar-refractivity contribution < 1.29 is 19.3 Å². The molecule has 3 heterocycles. The zero-order valence-electron chi connectivity index (χ0n) is 17.0. The van der Waals surface area contributed by atoms with Gasteiger partial charge in [-0.15, -0.1) is 0 Å². The molecule has 0 radical (unpaired) electrons. The Morgan fingerprint density at radius 3 is 2.63 bits per heavy atom. The van der Waals surface area contributed by atoms with Gasteiger partial charge in [-0.1, -0.05) is 20.8 Å². The van der Waals surface area contributed by atoms with E-state index in [-0.39, 0.29) is 23.7 Å². The molecule has 5 nitrogen and oxygen atoms in total. The molecule has 0 bridgehead atoms. The lowest BCUT2D eigenvalue weighted by molar-refractivity contribution is -0.0804. The first-order valence-corrected chi connectivity index (χ1v) is 10.2. The van der Waals surface area contributed by atoms with Crippen LogP contribution in [0.4, 0.5) is 0 Å². The molecule has 3 aliphatic rings. The number of benzene rings is 1. The molecule has 1 N–H and O–H groups in total. The van der Waals surface area contributed by atoms with Crippen molar-refractivity contribution in [3.05, 3.63) is 23.3 Å². The minimum Gasteiger partial charge on any atom is -0.493 e. The van der Waals surface area contributed by atoms with Gasteiger partial charge < -0.3 is 19.3 Å². The molecular weight excluding hydrogens is 342 g/mol. The lowest BCUT2D eigenvalue weighted by atomic mass is 9.75. The molecule has 5 heteroatoms. The summed E-state index contributed by atoms with van der Waals surface area (Å²) < 4.78 is 16.9. The fourth-order valence-electron chi connectivity index (χ4n) is 4.80. The Bertz CT molecular complexity index is 680. The number of piperidine rings is 1. The Morgan fingerprint density at radius 1 is 1.22 bits per heavy atom. The average molecular weight is 376 g/mol. The fourth-order valence-corrected chi connectivity index (χ4v) is 4.80. The summed E-state index contributed by atoms with van der Waals surface area (Å²) in [7, 11) is 1.70. The van der Waals surface area contributed by atoms with Gasteiger partial charge in [-0.05, 0) is 53.9 Å². The standard InChI is InChI=1S/C22H33NO4/c1-22(2,3)10-15-11-23-6-5-14-7-21(27-16-12-26-13-16)20(25-4)8-17(14)18(23)9-19(15)24/h7-8,15-16,18-19,24H,5-6,9-13H2,1-4H3. The van der Waals surface area contributed by atoms with Crippen LogP contribution < -0.4 is 9.47 Å². The molecule has 1 aromatic rings. The maximum absolute atomic E-state index is 10.8. The van der Waals surface area contributed by atoms with Crippen molar-refractivity contribution in [2.24, 2.45) is 11.3 Å². The number of fused-ring (bicyclic) bond motifs is 3. The normalized spacial score (nSPS) is 28.9. The highest BCUT2D eigenvalue weighted by Gasteiger charge is 2.40. The summed E-state index contributed by atoms with van der Waals surface area (Å²) in [5.74, 6) is 1.96. The molecule has 0 aliphatic carbocycles. The van der Waals surface area contributed by atoms with E-state index >= 15 is 0 Å². The SMILES string of the molecule is COc1cc2c(cc1OC1COC1)CCN1CC(CC(C)(C)C)C(O)CC21. The van der Waals surface area contributed by atoms with Gasteiger partial charge in [-0.25, -0.2) is 0 Å². The Balaban J connectivity index is 1.56. The third-order valence-electron chi connectivity index (χ3n) is 6.15. The van der Waals surface area contributed by atoms with Crippen LogP contribution in [-0.2, 0) is 11.2 Å². The maximum Gasteiger partial charge on any atom is 0.162 e. The average Bonchev–Trinajstić information content (AvgIpc) is 2.57. The van der Waals surface area contributed by atoms with Crippen molar-refractivity contribution >= 4 is 0 Å². The second-order valence-corrected chi connectivity index (χ2v) is 9.57. The molecule has 3 atom stereocenters. The number of hydrogen-bond donors (Lipinski definition) is 1. The highest BCUT2D eigenvalue weighted by atomic mass is 16.6. The Kier molecular flexibility index (Phi) is 5.12. The Labute approximate surface area is 162 Å². The molecule has 3 aliphatic heterocycles. The summed E-state index contributed by atoms with van der Waals surface area (Å²) in [6.45, 7) is 10.1. The summed E-state index contributed by atoms with van der Waals surface area (Å²) >= 11 is 0. The Morgan fingerprint density at radius 2 is 2.00 bits per heavy atom. The highest BCUT2D eigenvalue weighted by molar-refractivity contribution is 5.50. The summed E-state index contributed by atoms with van der Waals surface area (Å²) in [6, 6.07) is 4.56. The van der Waals surface area contributed by atoms with E-state index in [2.05, 4.69) is 37.8 Å². The molecule has 150 valence electrons. The predicted octanol–water partition coefficient (Wildman–Crippen LogP) is 3.19. The van der Waals surface area contributed by atoms with E-state index in [1.807, 2.05) is 0 Å². The molecule has 0 spiro atoms. The number of aliphatic hydroxyl groups is 1. The highest BCUT2D eigenvalue weighted by Crippen LogP contribution is 2.44. The minimum absolute atomic E-state index is 0.131. The third-order valence-corrected chi connectivity index (χ3v) is 6.15. The van der Waals surface area contributed by atoms with E-state index in [0.29, 0.717) is 19.1 Å². The van der Waals surface area contributed by atoms with Crippen molar-refractivity contribution in [1.29, 1.82) is 0 Å². The van der Waals surface area contributed by atoms with Gasteiger partial charge in [-0.2, -0.15) is 0 Å². The first-order valence-electron chi connectivity index (χ1n) is 10.2. The van der Waals surface area contributed by atoms with Crippen LogP contribution in [0.3, 0.4) is 0 Å². The first kappa shape index (κ1) is 19.0. The quantitative estimate of drug-likeness (QED) is 0.876. The van der Waals surface area contributed by atoms with Crippen molar-refractivity contribution in [3.63, 3.8) is 0 Å². The third kappa shape index (κ3) is 3.96. The number of rotatable bonds is 4. The van der Waals surface area contributed by atoms with E-state index < -0.39 is 0 Å². The molecular formula is C22H33NO4. The van der Waals surface area contributed by atoms with Gasteiger partial charge in [0, 0.05) is 19.1 Å². The second kappa shape index (κ2) is 7.26. The molecule has 0 saturated carbocycles. The van der Waals surface area contributed by atoms with Gasteiger partial charge in [0.05, 0.1) is 26.4 Å². The van der Waals surface area contributed by atoms with Crippen LogP contribution in [0.25, 0.3) is 0 Å². The van der Waals surface area contributed by atoms with Crippen LogP contribution in [-0.4, -0.2) is 55.6 Å². The van der Waals surface area contributed by atoms with Crippen molar-refractivity contribution in [2.45, 2.75) is 58.3 Å². The smallest absolute Gasteiger partial charge is 0.162 e. The summed E-state index contributed by atoms with van der Waals surface area (Å²) in [4.78, 5) is 2.56. The molecule has 2 saturated heterocycles. The zero-order valence-corrected chi connectivity index (χ0v) is 17.0. The van der Waals surface area contributed by atoms with Crippen molar-refractivity contribution in [3.8, 4) is 11.5 Å². The van der Waals surface area contributed by atoms with Gasteiger partial charge >= 0.3 is 0 Å². The van der Waals surface area contributed by atoms with E-state index in [4.69, 9.17) is 14.2 Å².